The normalized spacial score (nSPS) is 22.3. The standard InChI is InChI=1S/C12H26N2O3.2ClH/c1-12(2,3)17-9-11(16)7-14-5-4-13-6-10(14)8-15;;/h10-11,13,15-16H,4-9H2,1-3H3;2*1H/t10-,11?;;/m0../s1. The molecule has 0 saturated carbocycles. The van der Waals surface area contributed by atoms with Gasteiger partial charge in [0.05, 0.1) is 24.9 Å². The number of hydrogen-bond acceptors (Lipinski definition) is 5. The van der Waals surface area contributed by atoms with E-state index in [1.807, 2.05) is 20.8 Å². The molecule has 0 aromatic heterocycles. The van der Waals surface area contributed by atoms with E-state index in [-0.39, 0.29) is 43.1 Å². The molecule has 0 aromatic rings. The summed E-state index contributed by atoms with van der Waals surface area (Å²) in [5, 5.41) is 22.4. The second-order valence-corrected chi connectivity index (χ2v) is 5.61. The number of nitrogens with zero attached hydrogens (tertiary/aromatic N) is 1. The second-order valence-electron chi connectivity index (χ2n) is 5.61. The summed E-state index contributed by atoms with van der Waals surface area (Å²) in [6.45, 7) is 9.49. The Bertz CT molecular complexity index is 228. The first kappa shape index (κ1) is 21.7. The maximum absolute atomic E-state index is 9.91. The van der Waals surface area contributed by atoms with Crippen molar-refractivity contribution < 1.29 is 14.9 Å². The lowest BCUT2D eigenvalue weighted by molar-refractivity contribution is -0.0619. The summed E-state index contributed by atoms with van der Waals surface area (Å²) in [6, 6.07) is 0.105. The highest BCUT2D eigenvalue weighted by atomic mass is 35.5. The Hall–Kier alpha value is 0.380. The van der Waals surface area contributed by atoms with E-state index in [1.165, 1.54) is 0 Å². The van der Waals surface area contributed by atoms with Gasteiger partial charge < -0.3 is 20.3 Å². The number of piperazine rings is 1. The smallest absolute Gasteiger partial charge is 0.0900 e. The van der Waals surface area contributed by atoms with Gasteiger partial charge in [-0.25, -0.2) is 0 Å². The molecule has 0 spiro atoms. The predicted octanol–water partition coefficient (Wildman–Crippen LogP) is 0.272. The number of ether oxygens (including phenoxy) is 1. The third-order valence-corrected chi connectivity index (χ3v) is 2.84. The second kappa shape index (κ2) is 10.2. The van der Waals surface area contributed by atoms with E-state index >= 15 is 0 Å². The van der Waals surface area contributed by atoms with Crippen molar-refractivity contribution in [2.75, 3.05) is 39.4 Å². The van der Waals surface area contributed by atoms with Crippen LogP contribution in [0.4, 0.5) is 0 Å². The van der Waals surface area contributed by atoms with Crippen LogP contribution in [0, 0.1) is 0 Å². The average molecular weight is 319 g/mol. The molecule has 3 N–H and O–H groups in total. The van der Waals surface area contributed by atoms with Crippen LogP contribution >= 0.6 is 24.8 Å². The Morgan fingerprint density at radius 1 is 1.37 bits per heavy atom. The molecular formula is C12H28Cl2N2O3. The number of aliphatic hydroxyl groups is 2. The van der Waals surface area contributed by atoms with Gasteiger partial charge in [-0.3, -0.25) is 4.90 Å². The molecule has 0 radical (unpaired) electrons. The number of nitrogens with one attached hydrogen (secondary N) is 1. The molecule has 1 unspecified atom stereocenters. The summed E-state index contributed by atoms with van der Waals surface area (Å²) < 4.78 is 5.55. The summed E-state index contributed by atoms with van der Waals surface area (Å²) in [5.41, 5.74) is -0.221. The van der Waals surface area contributed by atoms with E-state index < -0.39 is 6.10 Å². The van der Waals surface area contributed by atoms with Gasteiger partial charge in [-0.1, -0.05) is 0 Å². The summed E-state index contributed by atoms with van der Waals surface area (Å²) in [4.78, 5) is 2.12. The van der Waals surface area contributed by atoms with E-state index in [0.29, 0.717) is 13.2 Å². The molecule has 1 fully saturated rings. The van der Waals surface area contributed by atoms with Crippen LogP contribution in [0.15, 0.2) is 0 Å². The summed E-state index contributed by atoms with van der Waals surface area (Å²) >= 11 is 0. The van der Waals surface area contributed by atoms with Gasteiger partial charge in [0.25, 0.3) is 0 Å². The number of halogens is 2. The SMILES string of the molecule is CC(C)(C)OCC(O)CN1CCNC[C@H]1CO.Cl.Cl. The fraction of sp³-hybridized carbons (Fsp3) is 1.00. The van der Waals surface area contributed by atoms with Gasteiger partial charge in [-0.2, -0.15) is 0 Å². The highest BCUT2D eigenvalue weighted by Gasteiger charge is 2.24. The minimum atomic E-state index is -0.499. The van der Waals surface area contributed by atoms with Crippen molar-refractivity contribution in [1.29, 1.82) is 0 Å². The van der Waals surface area contributed by atoms with Crippen molar-refractivity contribution >= 4 is 24.8 Å². The first-order valence-corrected chi connectivity index (χ1v) is 6.30. The number of aliphatic hydroxyl groups excluding tert-OH is 2. The van der Waals surface area contributed by atoms with Gasteiger partial charge in [-0.05, 0) is 20.8 Å². The molecule has 118 valence electrons. The molecule has 1 aliphatic heterocycles. The van der Waals surface area contributed by atoms with Crippen LogP contribution in [0.1, 0.15) is 20.8 Å². The average Bonchev–Trinajstić information content (AvgIpc) is 2.26. The third kappa shape index (κ3) is 9.02. The molecule has 0 amide bonds. The lowest BCUT2D eigenvalue weighted by atomic mass is 10.1. The molecule has 5 nitrogen and oxygen atoms in total. The van der Waals surface area contributed by atoms with Crippen LogP contribution in [0.5, 0.6) is 0 Å². The van der Waals surface area contributed by atoms with E-state index in [4.69, 9.17) is 4.74 Å². The molecule has 1 aliphatic rings. The zero-order valence-electron chi connectivity index (χ0n) is 12.0. The van der Waals surface area contributed by atoms with Gasteiger partial charge in [-0.15, -0.1) is 24.8 Å². The minimum Gasteiger partial charge on any atom is -0.395 e. The molecule has 0 aliphatic carbocycles. The van der Waals surface area contributed by atoms with E-state index in [1.54, 1.807) is 0 Å². The maximum Gasteiger partial charge on any atom is 0.0900 e. The lowest BCUT2D eigenvalue weighted by Gasteiger charge is -2.36. The van der Waals surface area contributed by atoms with Gasteiger partial charge in [0.15, 0.2) is 0 Å². The van der Waals surface area contributed by atoms with E-state index in [0.717, 1.165) is 19.6 Å². The number of β-amino-alcohol motifs (C(OH)–C–C–N with tert-alkyl or cyclic N) is 1. The van der Waals surface area contributed by atoms with Gasteiger partial charge in [0.1, 0.15) is 0 Å². The molecule has 1 heterocycles. The van der Waals surface area contributed by atoms with Crippen LogP contribution in [0.25, 0.3) is 0 Å². The Kier molecular flexibility index (Phi) is 11.6. The summed E-state index contributed by atoms with van der Waals surface area (Å²) in [6.07, 6.45) is -0.499. The molecular weight excluding hydrogens is 291 g/mol. The molecule has 19 heavy (non-hydrogen) atoms. The van der Waals surface area contributed by atoms with Crippen molar-refractivity contribution in [1.82, 2.24) is 10.2 Å². The summed E-state index contributed by atoms with van der Waals surface area (Å²) in [7, 11) is 0. The van der Waals surface area contributed by atoms with Crippen molar-refractivity contribution in [3.63, 3.8) is 0 Å². The quantitative estimate of drug-likeness (QED) is 0.679. The third-order valence-electron chi connectivity index (χ3n) is 2.84. The molecule has 2 atom stereocenters. The van der Waals surface area contributed by atoms with Crippen LogP contribution in [-0.4, -0.2) is 72.3 Å². The molecule has 1 saturated heterocycles. The predicted molar refractivity (Wildman–Crippen MR) is 81.5 cm³/mol. The van der Waals surface area contributed by atoms with E-state index in [2.05, 4.69) is 10.2 Å². The molecule has 1 rings (SSSR count). The fourth-order valence-electron chi connectivity index (χ4n) is 1.89. The van der Waals surface area contributed by atoms with Gasteiger partial charge >= 0.3 is 0 Å². The first-order chi connectivity index (χ1) is 7.92. The zero-order valence-corrected chi connectivity index (χ0v) is 13.6. The van der Waals surface area contributed by atoms with Crippen LogP contribution < -0.4 is 5.32 Å². The Morgan fingerprint density at radius 2 is 2.00 bits per heavy atom. The van der Waals surface area contributed by atoms with E-state index in [9.17, 15) is 10.2 Å². The van der Waals surface area contributed by atoms with Crippen LogP contribution in [-0.2, 0) is 4.74 Å². The Morgan fingerprint density at radius 3 is 2.53 bits per heavy atom. The largest absolute Gasteiger partial charge is 0.395 e. The number of rotatable bonds is 5. The molecule has 0 bridgehead atoms. The lowest BCUT2D eigenvalue weighted by Crippen LogP contribution is -2.55. The van der Waals surface area contributed by atoms with Crippen molar-refractivity contribution in [3.05, 3.63) is 0 Å². The Labute approximate surface area is 128 Å². The maximum atomic E-state index is 9.91. The first-order valence-electron chi connectivity index (χ1n) is 6.30. The van der Waals surface area contributed by atoms with Crippen molar-refractivity contribution in [3.8, 4) is 0 Å². The fourth-order valence-corrected chi connectivity index (χ4v) is 1.89. The monoisotopic (exact) mass is 318 g/mol. The molecule has 0 aromatic carbocycles. The highest BCUT2D eigenvalue weighted by molar-refractivity contribution is 5.85. The van der Waals surface area contributed by atoms with Gasteiger partial charge in [0.2, 0.25) is 0 Å². The highest BCUT2D eigenvalue weighted by Crippen LogP contribution is 2.09. The Balaban J connectivity index is 0. The number of hydrogen-bond donors (Lipinski definition) is 3. The van der Waals surface area contributed by atoms with Crippen molar-refractivity contribution in [2.45, 2.75) is 38.5 Å². The van der Waals surface area contributed by atoms with Crippen LogP contribution in [0.3, 0.4) is 0 Å². The zero-order chi connectivity index (χ0) is 12.9. The van der Waals surface area contributed by atoms with Crippen molar-refractivity contribution in [2.24, 2.45) is 0 Å². The van der Waals surface area contributed by atoms with Crippen LogP contribution in [0.2, 0.25) is 0 Å². The molecule has 7 heteroatoms. The van der Waals surface area contributed by atoms with Gasteiger partial charge in [0, 0.05) is 32.2 Å². The summed E-state index contributed by atoms with van der Waals surface area (Å²) in [5.74, 6) is 0. The minimum absolute atomic E-state index is 0. The topological polar surface area (TPSA) is 65.0 Å².